The summed E-state index contributed by atoms with van der Waals surface area (Å²) in [4.78, 5) is 11.3. The Morgan fingerprint density at radius 1 is 1.50 bits per heavy atom. The molecule has 0 aromatic rings. The normalized spacial score (nSPS) is 38.9. The second kappa shape index (κ2) is 2.20. The number of carbonyl (C=O) groups is 1. The molecule has 0 aromatic carbocycles. The number of amides is 1. The fraction of sp³-hybridized carbons (Fsp3) is 0.857. The molecule has 1 aliphatic heterocycles. The van der Waals surface area contributed by atoms with Gasteiger partial charge in [0.1, 0.15) is 0 Å². The molecule has 10 heavy (non-hydrogen) atoms. The van der Waals surface area contributed by atoms with Gasteiger partial charge in [-0.3, -0.25) is 4.79 Å². The summed E-state index contributed by atoms with van der Waals surface area (Å²) < 4.78 is 1.86. The first-order chi connectivity index (χ1) is 4.79. The van der Waals surface area contributed by atoms with Crippen LogP contribution >= 0.6 is 9.39 Å². The summed E-state index contributed by atoms with van der Waals surface area (Å²) >= 11 is 0. The minimum Gasteiger partial charge on any atom is -0.324 e. The standard InChI is InChI=1S/C7H12NOP/c9-7-5-2-1-3-6(4-5)8(7)10/h5-6H,1-4,10H2/t5-,6?/m1/s1. The Hall–Kier alpha value is -0.100. The van der Waals surface area contributed by atoms with E-state index < -0.39 is 0 Å². The second-order valence-electron chi connectivity index (χ2n) is 3.26. The maximum absolute atomic E-state index is 11.3. The number of nitrogens with zero attached hydrogens (tertiary/aromatic N) is 1. The molecule has 1 heterocycles. The van der Waals surface area contributed by atoms with Gasteiger partial charge < -0.3 is 4.67 Å². The Labute approximate surface area is 63.2 Å². The van der Waals surface area contributed by atoms with Crippen LogP contribution in [0.1, 0.15) is 25.7 Å². The smallest absolute Gasteiger partial charge is 0.228 e. The zero-order valence-electron chi connectivity index (χ0n) is 5.92. The fourth-order valence-electron chi connectivity index (χ4n) is 2.03. The summed E-state index contributed by atoms with van der Waals surface area (Å²) in [6.45, 7) is 0. The van der Waals surface area contributed by atoms with Gasteiger partial charge in [-0.1, -0.05) is 6.42 Å². The highest BCUT2D eigenvalue weighted by atomic mass is 31.0. The van der Waals surface area contributed by atoms with Gasteiger partial charge in [0.2, 0.25) is 5.91 Å². The lowest BCUT2D eigenvalue weighted by molar-refractivity contribution is -0.126. The van der Waals surface area contributed by atoms with Crippen molar-refractivity contribution in [2.24, 2.45) is 5.92 Å². The third-order valence-electron chi connectivity index (χ3n) is 2.64. The van der Waals surface area contributed by atoms with Gasteiger partial charge in [0.25, 0.3) is 0 Å². The Bertz CT molecular complexity index is 167. The van der Waals surface area contributed by atoms with Gasteiger partial charge in [0.15, 0.2) is 0 Å². The largest absolute Gasteiger partial charge is 0.324 e. The van der Waals surface area contributed by atoms with Crippen LogP contribution < -0.4 is 0 Å². The van der Waals surface area contributed by atoms with E-state index in [1.165, 1.54) is 12.8 Å². The summed E-state index contributed by atoms with van der Waals surface area (Å²) in [5.74, 6) is 0.726. The van der Waals surface area contributed by atoms with Crippen molar-refractivity contribution in [3.8, 4) is 0 Å². The summed E-state index contributed by atoms with van der Waals surface area (Å²) in [6, 6.07) is 0.552. The molecule has 2 fully saturated rings. The van der Waals surface area contributed by atoms with E-state index >= 15 is 0 Å². The highest BCUT2D eigenvalue weighted by Crippen LogP contribution is 2.38. The minimum atomic E-state index is 0.354. The lowest BCUT2D eigenvalue weighted by Gasteiger charge is -2.19. The Morgan fingerprint density at radius 2 is 2.30 bits per heavy atom. The molecule has 0 radical (unpaired) electrons. The van der Waals surface area contributed by atoms with E-state index in [1.807, 2.05) is 4.67 Å². The predicted octanol–water partition coefficient (Wildman–Crippen LogP) is 1.18. The van der Waals surface area contributed by atoms with Crippen LogP contribution in [0.25, 0.3) is 0 Å². The van der Waals surface area contributed by atoms with E-state index in [0.717, 1.165) is 12.8 Å². The molecule has 1 aliphatic carbocycles. The van der Waals surface area contributed by atoms with Gasteiger partial charge >= 0.3 is 0 Å². The second-order valence-corrected chi connectivity index (χ2v) is 3.82. The van der Waals surface area contributed by atoms with Gasteiger partial charge in [0.05, 0.1) is 0 Å². The highest BCUT2D eigenvalue weighted by Gasteiger charge is 2.39. The molecule has 2 bridgehead atoms. The van der Waals surface area contributed by atoms with Gasteiger partial charge in [-0.25, -0.2) is 0 Å². The van der Waals surface area contributed by atoms with Crippen molar-refractivity contribution in [2.75, 3.05) is 0 Å². The Kier molecular flexibility index (Phi) is 1.45. The van der Waals surface area contributed by atoms with E-state index in [0.29, 0.717) is 17.9 Å². The molecular weight excluding hydrogens is 145 g/mol. The predicted molar refractivity (Wildman–Crippen MR) is 42.3 cm³/mol. The molecular formula is C7H12NOP. The van der Waals surface area contributed by atoms with Gasteiger partial charge in [0, 0.05) is 12.0 Å². The summed E-state index contributed by atoms with van der Waals surface area (Å²) in [5, 5.41) is 0. The molecule has 1 saturated carbocycles. The van der Waals surface area contributed by atoms with E-state index in [2.05, 4.69) is 9.39 Å². The third-order valence-corrected chi connectivity index (χ3v) is 3.32. The fourth-order valence-corrected chi connectivity index (χ4v) is 2.51. The maximum atomic E-state index is 11.3. The van der Waals surface area contributed by atoms with Crippen LogP contribution in [0, 0.1) is 5.92 Å². The molecule has 3 heteroatoms. The molecule has 0 N–H and O–H groups in total. The molecule has 1 saturated heterocycles. The monoisotopic (exact) mass is 157 g/mol. The average Bonchev–Trinajstić information content (AvgIpc) is 2.17. The highest BCUT2D eigenvalue weighted by molar-refractivity contribution is 7.14. The van der Waals surface area contributed by atoms with Gasteiger partial charge in [-0.2, -0.15) is 0 Å². The van der Waals surface area contributed by atoms with Crippen molar-refractivity contribution >= 4 is 15.3 Å². The number of rotatable bonds is 0. The van der Waals surface area contributed by atoms with Crippen molar-refractivity contribution in [1.29, 1.82) is 0 Å². The number of fused-ring (bicyclic) bond motifs is 2. The average molecular weight is 157 g/mol. The molecule has 2 unspecified atom stereocenters. The quantitative estimate of drug-likeness (QED) is 0.483. The van der Waals surface area contributed by atoms with Crippen LogP contribution in [0.5, 0.6) is 0 Å². The van der Waals surface area contributed by atoms with Crippen molar-refractivity contribution < 1.29 is 4.79 Å². The SMILES string of the molecule is O=C1[C@@H]2CCCC(C2)N1P. The molecule has 1 amide bonds. The first-order valence-corrected chi connectivity index (χ1v) is 4.38. The lowest BCUT2D eigenvalue weighted by atomic mass is 9.90. The van der Waals surface area contributed by atoms with E-state index in [1.54, 1.807) is 0 Å². The Balaban J connectivity index is 2.21. The van der Waals surface area contributed by atoms with Crippen LogP contribution in [-0.4, -0.2) is 16.6 Å². The zero-order valence-corrected chi connectivity index (χ0v) is 7.07. The minimum absolute atomic E-state index is 0.354. The molecule has 0 aromatic heterocycles. The van der Waals surface area contributed by atoms with Crippen molar-refractivity contribution in [1.82, 2.24) is 4.67 Å². The van der Waals surface area contributed by atoms with Gasteiger partial charge in [-0.15, -0.1) is 0 Å². The molecule has 0 spiro atoms. The van der Waals surface area contributed by atoms with Crippen molar-refractivity contribution in [3.05, 3.63) is 0 Å². The Morgan fingerprint density at radius 3 is 2.90 bits per heavy atom. The van der Waals surface area contributed by atoms with E-state index in [4.69, 9.17) is 0 Å². The van der Waals surface area contributed by atoms with E-state index in [-0.39, 0.29) is 0 Å². The molecule has 56 valence electrons. The first kappa shape index (κ1) is 6.60. The molecule has 2 rings (SSSR count). The van der Waals surface area contributed by atoms with Crippen LogP contribution in [0.2, 0.25) is 0 Å². The number of hydrogen-bond donors (Lipinski definition) is 0. The van der Waals surface area contributed by atoms with Crippen molar-refractivity contribution in [2.45, 2.75) is 31.7 Å². The topological polar surface area (TPSA) is 20.3 Å². The number of hydrogen-bond acceptors (Lipinski definition) is 1. The first-order valence-electron chi connectivity index (χ1n) is 3.87. The summed E-state index contributed by atoms with van der Waals surface area (Å²) in [7, 11) is 2.54. The maximum Gasteiger partial charge on any atom is 0.228 e. The molecule has 2 nitrogen and oxygen atoms in total. The number of carbonyl (C=O) groups excluding carboxylic acids is 1. The van der Waals surface area contributed by atoms with Crippen molar-refractivity contribution in [3.63, 3.8) is 0 Å². The zero-order chi connectivity index (χ0) is 7.14. The van der Waals surface area contributed by atoms with Crippen LogP contribution in [0.3, 0.4) is 0 Å². The molecule has 2 aliphatic rings. The van der Waals surface area contributed by atoms with E-state index in [9.17, 15) is 4.79 Å². The summed E-state index contributed by atoms with van der Waals surface area (Å²) in [5.41, 5.74) is 0. The molecule has 3 atom stereocenters. The summed E-state index contributed by atoms with van der Waals surface area (Å²) in [6.07, 6.45) is 4.69. The van der Waals surface area contributed by atoms with Crippen LogP contribution in [0.15, 0.2) is 0 Å². The van der Waals surface area contributed by atoms with Gasteiger partial charge in [-0.05, 0) is 28.7 Å². The van der Waals surface area contributed by atoms with Crippen LogP contribution in [0.4, 0.5) is 0 Å². The lowest BCUT2D eigenvalue weighted by Crippen LogP contribution is -2.21. The van der Waals surface area contributed by atoms with Crippen LogP contribution in [-0.2, 0) is 4.79 Å². The third kappa shape index (κ3) is 0.784.